The summed E-state index contributed by atoms with van der Waals surface area (Å²) in [5, 5.41) is 7.98. The van der Waals surface area contributed by atoms with E-state index in [-0.39, 0.29) is 5.82 Å². The molecule has 3 nitrogen and oxygen atoms in total. The summed E-state index contributed by atoms with van der Waals surface area (Å²) in [5.41, 5.74) is 1.23. The summed E-state index contributed by atoms with van der Waals surface area (Å²) in [6.45, 7) is 0. The normalized spacial score (nSPS) is 11.1. The first kappa shape index (κ1) is 8.97. The predicted octanol–water partition coefficient (Wildman–Crippen LogP) is 0.0192. The molecule has 0 aliphatic carbocycles. The number of hydrogen-bond acceptors (Lipinski definition) is 2. The first-order chi connectivity index (χ1) is 6.11. The number of halogens is 2. The number of hydrogen-bond donors (Lipinski definition) is 0. The zero-order chi connectivity index (χ0) is 9.59. The quantitative estimate of drug-likeness (QED) is 0.626. The fraction of sp³-hybridized carbons (Fsp3) is 0.143. The Bertz CT molecular complexity index is 482. The topological polar surface area (TPSA) is 30.7 Å². The Morgan fingerprint density at radius 2 is 2.31 bits per heavy atom. The molecule has 1 unspecified atom stereocenters. The van der Waals surface area contributed by atoms with Crippen molar-refractivity contribution in [2.24, 2.45) is 7.05 Å². The van der Waals surface area contributed by atoms with Gasteiger partial charge in [0.1, 0.15) is 0 Å². The third kappa shape index (κ3) is 1.25. The number of benzene rings is 1. The Labute approximate surface area is 87.4 Å². The summed E-state index contributed by atoms with van der Waals surface area (Å²) in [7, 11) is 1.73. The van der Waals surface area contributed by atoms with Crippen LogP contribution in [0.25, 0.3) is 11.0 Å². The van der Waals surface area contributed by atoms with Gasteiger partial charge in [-0.25, -0.2) is 0 Å². The molecule has 0 saturated carbocycles. The third-order valence-corrected chi connectivity index (χ3v) is 3.26. The minimum absolute atomic E-state index is 0.321. The van der Waals surface area contributed by atoms with E-state index in [9.17, 15) is 4.39 Å². The molecule has 0 spiro atoms. The fourth-order valence-corrected chi connectivity index (χ4v) is 2.07. The molecule has 1 atom stereocenters. The van der Waals surface area contributed by atoms with Gasteiger partial charge < -0.3 is 0 Å². The zero-order valence-corrected chi connectivity index (χ0v) is 9.93. The summed E-state index contributed by atoms with van der Waals surface area (Å²) >= 11 is 7.03. The summed E-state index contributed by atoms with van der Waals surface area (Å²) in [6.07, 6.45) is 0. The predicted molar refractivity (Wildman–Crippen MR) is 51.7 cm³/mol. The van der Waals surface area contributed by atoms with Crippen molar-refractivity contribution < 1.29 is 4.39 Å². The molecule has 1 heterocycles. The number of rotatable bonds is 0. The molecule has 0 N–H and O–H groups in total. The van der Waals surface area contributed by atoms with Crippen LogP contribution < -0.4 is 4.35 Å². The molecule has 68 valence electrons. The number of nitrogens with zero attached hydrogens (tertiary/aromatic N) is 3. The molecule has 2 rings (SSSR count). The average Bonchev–Trinajstić information content (AvgIpc) is 2.44. The molecule has 13 heavy (non-hydrogen) atoms. The molecular formula is C7H6AsClFN3. The number of aromatic nitrogens is 3. The first-order valence-corrected chi connectivity index (χ1v) is 5.13. The summed E-state index contributed by atoms with van der Waals surface area (Å²) < 4.78 is 15.3. The van der Waals surface area contributed by atoms with Crippen molar-refractivity contribution >= 4 is 43.8 Å². The Morgan fingerprint density at radius 1 is 1.62 bits per heavy atom. The monoisotopic (exact) mass is 261 g/mol. The molecule has 0 aliphatic rings. The molecule has 2 aromatic rings. The fourth-order valence-electron chi connectivity index (χ4n) is 1.18. The van der Waals surface area contributed by atoms with Gasteiger partial charge in [-0.05, 0) is 0 Å². The van der Waals surface area contributed by atoms with Crippen LogP contribution in [0.2, 0.25) is 5.02 Å². The van der Waals surface area contributed by atoms with Crippen molar-refractivity contribution in [2.75, 3.05) is 0 Å². The molecule has 0 saturated heterocycles. The van der Waals surface area contributed by atoms with Gasteiger partial charge in [-0.15, -0.1) is 0 Å². The van der Waals surface area contributed by atoms with E-state index in [2.05, 4.69) is 10.3 Å². The van der Waals surface area contributed by atoms with Gasteiger partial charge in [0.05, 0.1) is 0 Å². The van der Waals surface area contributed by atoms with Gasteiger partial charge >= 0.3 is 87.2 Å². The van der Waals surface area contributed by atoms with E-state index in [0.717, 1.165) is 0 Å². The van der Waals surface area contributed by atoms with E-state index in [1.807, 2.05) is 0 Å². The second kappa shape index (κ2) is 2.96. The van der Waals surface area contributed by atoms with Crippen molar-refractivity contribution in [3.05, 3.63) is 16.9 Å². The first-order valence-electron chi connectivity index (χ1n) is 3.54. The van der Waals surface area contributed by atoms with Gasteiger partial charge in [0.2, 0.25) is 0 Å². The van der Waals surface area contributed by atoms with Crippen LogP contribution in [0.15, 0.2) is 6.07 Å². The molecular weight excluding hydrogens is 255 g/mol. The van der Waals surface area contributed by atoms with E-state index in [0.29, 0.717) is 20.4 Å². The number of aryl methyl sites for hydroxylation is 1. The van der Waals surface area contributed by atoms with E-state index in [4.69, 9.17) is 11.6 Å². The Morgan fingerprint density at radius 3 is 3.00 bits per heavy atom. The Kier molecular flexibility index (Phi) is 2.04. The van der Waals surface area contributed by atoms with Crippen LogP contribution in [0.1, 0.15) is 0 Å². The Hall–Kier alpha value is -0.602. The van der Waals surface area contributed by atoms with Crippen LogP contribution in [-0.2, 0) is 7.05 Å². The van der Waals surface area contributed by atoms with Crippen LogP contribution >= 0.6 is 11.6 Å². The zero-order valence-electron chi connectivity index (χ0n) is 6.75. The SMILES string of the molecule is Cn1nnc2c([AsH2])c(F)cc(Cl)c21. The average molecular weight is 262 g/mol. The molecule has 1 aromatic heterocycles. The van der Waals surface area contributed by atoms with E-state index in [1.165, 1.54) is 22.9 Å². The van der Waals surface area contributed by atoms with Gasteiger partial charge in [-0.1, -0.05) is 0 Å². The third-order valence-electron chi connectivity index (χ3n) is 1.82. The molecule has 0 bridgehead atoms. The summed E-state index contributed by atoms with van der Waals surface area (Å²) in [4.78, 5) is 0. The van der Waals surface area contributed by atoms with Gasteiger partial charge in [-0.3, -0.25) is 0 Å². The molecule has 0 amide bonds. The maximum atomic E-state index is 13.2. The Balaban J connectivity index is 2.99. The van der Waals surface area contributed by atoms with Crippen molar-refractivity contribution in [2.45, 2.75) is 0 Å². The molecule has 0 aliphatic heterocycles. The molecule has 1 aromatic carbocycles. The van der Waals surface area contributed by atoms with Crippen molar-refractivity contribution in [1.82, 2.24) is 15.0 Å². The van der Waals surface area contributed by atoms with Gasteiger partial charge in [0, 0.05) is 0 Å². The van der Waals surface area contributed by atoms with Crippen LogP contribution in [0.5, 0.6) is 0 Å². The maximum absolute atomic E-state index is 13.2. The van der Waals surface area contributed by atoms with Crippen LogP contribution in [0.4, 0.5) is 4.39 Å². The second-order valence-electron chi connectivity index (χ2n) is 2.66. The standard InChI is InChI=1S/C7H6AsClFN3/c1-13-7-3(9)2-4(10)5(8)6(7)11-12-13/h2H,8H2,1H3. The number of fused-ring (bicyclic) bond motifs is 1. The van der Waals surface area contributed by atoms with Crippen LogP contribution in [-0.4, -0.2) is 31.8 Å². The molecule has 0 fully saturated rings. The second-order valence-corrected chi connectivity index (χ2v) is 4.28. The van der Waals surface area contributed by atoms with Crippen molar-refractivity contribution in [3.63, 3.8) is 0 Å². The summed E-state index contributed by atoms with van der Waals surface area (Å²) in [6, 6.07) is 1.30. The van der Waals surface area contributed by atoms with Gasteiger partial charge in [0.25, 0.3) is 0 Å². The van der Waals surface area contributed by atoms with Gasteiger partial charge in [0.15, 0.2) is 0 Å². The van der Waals surface area contributed by atoms with E-state index < -0.39 is 0 Å². The van der Waals surface area contributed by atoms with Crippen LogP contribution in [0, 0.1) is 5.82 Å². The van der Waals surface area contributed by atoms with Crippen LogP contribution in [0.3, 0.4) is 0 Å². The van der Waals surface area contributed by atoms with Crippen molar-refractivity contribution in [1.29, 1.82) is 0 Å². The molecule has 0 radical (unpaired) electrons. The van der Waals surface area contributed by atoms with E-state index in [1.54, 1.807) is 11.7 Å². The van der Waals surface area contributed by atoms with Gasteiger partial charge in [-0.2, -0.15) is 0 Å². The molecule has 6 heteroatoms. The van der Waals surface area contributed by atoms with Crippen molar-refractivity contribution in [3.8, 4) is 0 Å². The summed E-state index contributed by atoms with van der Waals surface area (Å²) in [5.74, 6) is -0.321. The minimum atomic E-state index is -0.321. The van der Waals surface area contributed by atoms with E-state index >= 15 is 0 Å².